The molecule has 0 atom stereocenters. The van der Waals surface area contributed by atoms with Crippen molar-refractivity contribution in [1.82, 2.24) is 4.90 Å². The lowest BCUT2D eigenvalue weighted by Crippen LogP contribution is -2.17. The van der Waals surface area contributed by atoms with E-state index < -0.39 is 0 Å². The monoisotopic (exact) mass is 110 g/mol. The van der Waals surface area contributed by atoms with E-state index in [0.717, 1.165) is 0 Å². The molecule has 0 aliphatic carbocycles. The molecule has 8 heavy (non-hydrogen) atoms. The van der Waals surface area contributed by atoms with E-state index in [-0.39, 0.29) is 8.41 Å². The number of rotatable bonds is 1. The van der Waals surface area contributed by atoms with Gasteiger partial charge in [-0.25, -0.2) is 0 Å². The SMILES string of the molecule is CCN1CCCC1.[B]. The van der Waals surface area contributed by atoms with Crippen LogP contribution in [0.5, 0.6) is 0 Å². The highest BCUT2D eigenvalue weighted by Crippen LogP contribution is 2.04. The van der Waals surface area contributed by atoms with Gasteiger partial charge in [-0.15, -0.1) is 0 Å². The highest BCUT2D eigenvalue weighted by atomic mass is 15.1. The summed E-state index contributed by atoms with van der Waals surface area (Å²) >= 11 is 0. The molecule has 0 unspecified atom stereocenters. The third-order valence-electron chi connectivity index (χ3n) is 1.65. The molecule has 2 heteroatoms. The van der Waals surface area contributed by atoms with Crippen molar-refractivity contribution in [2.24, 2.45) is 0 Å². The zero-order valence-electron chi connectivity index (χ0n) is 5.56. The second-order valence-electron chi connectivity index (χ2n) is 2.14. The predicted octanol–water partition coefficient (Wildman–Crippen LogP) is 0.721. The van der Waals surface area contributed by atoms with Crippen molar-refractivity contribution in [1.29, 1.82) is 0 Å². The van der Waals surface area contributed by atoms with Crippen LogP contribution < -0.4 is 0 Å². The van der Waals surface area contributed by atoms with Crippen LogP contribution in [0, 0.1) is 0 Å². The number of nitrogens with zero attached hydrogens (tertiary/aromatic N) is 1. The Morgan fingerprint density at radius 1 is 1.25 bits per heavy atom. The third kappa shape index (κ3) is 1.87. The largest absolute Gasteiger partial charge is 0.304 e. The van der Waals surface area contributed by atoms with Crippen molar-refractivity contribution >= 4 is 8.41 Å². The first-order chi connectivity index (χ1) is 3.43. The number of hydrogen-bond donors (Lipinski definition) is 0. The van der Waals surface area contributed by atoms with Crippen molar-refractivity contribution in [2.75, 3.05) is 19.6 Å². The van der Waals surface area contributed by atoms with Crippen molar-refractivity contribution < 1.29 is 0 Å². The summed E-state index contributed by atoms with van der Waals surface area (Å²) in [5.41, 5.74) is 0. The van der Waals surface area contributed by atoms with Gasteiger partial charge in [0.1, 0.15) is 0 Å². The van der Waals surface area contributed by atoms with Gasteiger partial charge >= 0.3 is 0 Å². The van der Waals surface area contributed by atoms with Gasteiger partial charge in [0.25, 0.3) is 0 Å². The number of hydrogen-bond acceptors (Lipinski definition) is 1. The third-order valence-corrected chi connectivity index (χ3v) is 1.65. The van der Waals surface area contributed by atoms with E-state index in [2.05, 4.69) is 11.8 Å². The van der Waals surface area contributed by atoms with Gasteiger partial charge in [0.15, 0.2) is 0 Å². The van der Waals surface area contributed by atoms with Gasteiger partial charge in [0.05, 0.1) is 0 Å². The summed E-state index contributed by atoms with van der Waals surface area (Å²) in [7, 11) is 0. The summed E-state index contributed by atoms with van der Waals surface area (Å²) in [6.45, 7) is 6.16. The number of likely N-dealkylation sites (tertiary alicyclic amines) is 1. The molecule has 0 N–H and O–H groups in total. The quantitative estimate of drug-likeness (QED) is 0.449. The first-order valence-corrected chi connectivity index (χ1v) is 3.16. The predicted molar refractivity (Wildman–Crippen MR) is 37.1 cm³/mol. The summed E-state index contributed by atoms with van der Waals surface area (Å²) in [5.74, 6) is 0. The molecule has 0 amide bonds. The van der Waals surface area contributed by atoms with Crippen LogP contribution in [0.25, 0.3) is 0 Å². The summed E-state index contributed by atoms with van der Waals surface area (Å²) in [4.78, 5) is 2.49. The maximum absolute atomic E-state index is 2.49. The first-order valence-electron chi connectivity index (χ1n) is 3.16. The van der Waals surface area contributed by atoms with Crippen LogP contribution >= 0.6 is 0 Å². The van der Waals surface area contributed by atoms with Crippen molar-refractivity contribution in [3.63, 3.8) is 0 Å². The van der Waals surface area contributed by atoms with Crippen LogP contribution in [0.4, 0.5) is 0 Å². The minimum Gasteiger partial charge on any atom is -0.304 e. The van der Waals surface area contributed by atoms with Gasteiger partial charge < -0.3 is 4.90 Å². The molecular weight excluding hydrogens is 96.9 g/mol. The van der Waals surface area contributed by atoms with Gasteiger partial charge in [-0.3, -0.25) is 0 Å². The molecule has 0 bridgehead atoms. The summed E-state index contributed by atoms with van der Waals surface area (Å²) < 4.78 is 0. The fraction of sp³-hybridized carbons (Fsp3) is 1.00. The second-order valence-corrected chi connectivity index (χ2v) is 2.14. The Hall–Kier alpha value is 0.0249. The highest BCUT2D eigenvalue weighted by molar-refractivity contribution is 5.75. The van der Waals surface area contributed by atoms with E-state index in [1.807, 2.05) is 0 Å². The maximum atomic E-state index is 2.49. The zero-order chi connectivity index (χ0) is 5.11. The Labute approximate surface area is 53.6 Å². The fourth-order valence-corrected chi connectivity index (χ4v) is 1.10. The van der Waals surface area contributed by atoms with Gasteiger partial charge in [-0.1, -0.05) is 6.92 Å². The molecule has 1 aliphatic rings. The molecule has 1 aliphatic heterocycles. The minimum absolute atomic E-state index is 0. The smallest absolute Gasteiger partial charge is 0 e. The minimum atomic E-state index is 0. The van der Waals surface area contributed by atoms with Gasteiger partial charge in [0.2, 0.25) is 0 Å². The lowest BCUT2D eigenvalue weighted by atomic mass is 10.4. The second kappa shape index (κ2) is 3.96. The van der Waals surface area contributed by atoms with Crippen LogP contribution in [0.15, 0.2) is 0 Å². The van der Waals surface area contributed by atoms with Crippen molar-refractivity contribution in [3.8, 4) is 0 Å². The zero-order valence-corrected chi connectivity index (χ0v) is 5.56. The Balaban J connectivity index is 0.000000490. The molecule has 1 saturated heterocycles. The van der Waals surface area contributed by atoms with E-state index >= 15 is 0 Å². The normalized spacial score (nSPS) is 20.6. The molecule has 1 nitrogen and oxygen atoms in total. The summed E-state index contributed by atoms with van der Waals surface area (Å²) in [5, 5.41) is 0. The molecule has 3 radical (unpaired) electrons. The average Bonchev–Trinajstić information content (AvgIpc) is 2.14. The lowest BCUT2D eigenvalue weighted by molar-refractivity contribution is 0.359. The lowest BCUT2D eigenvalue weighted by Gasteiger charge is -2.08. The molecule has 0 saturated carbocycles. The molecule has 1 fully saturated rings. The van der Waals surface area contributed by atoms with E-state index in [0.29, 0.717) is 0 Å². The van der Waals surface area contributed by atoms with Crippen molar-refractivity contribution in [3.05, 3.63) is 0 Å². The van der Waals surface area contributed by atoms with Crippen LogP contribution in [-0.4, -0.2) is 32.9 Å². The van der Waals surface area contributed by atoms with Crippen LogP contribution in [-0.2, 0) is 0 Å². The Kier molecular flexibility index (Phi) is 3.97. The Bertz CT molecular complexity index is 50.5. The van der Waals surface area contributed by atoms with Crippen LogP contribution in [0.3, 0.4) is 0 Å². The molecule has 0 aromatic rings. The van der Waals surface area contributed by atoms with Gasteiger partial charge in [-0.05, 0) is 32.5 Å². The molecular formula is C6H13BN. The van der Waals surface area contributed by atoms with Crippen LogP contribution in [0.2, 0.25) is 0 Å². The standard InChI is InChI=1S/C6H13N.B/c1-2-7-5-3-4-6-7;/h2-6H2,1H3;. The molecule has 0 aromatic heterocycles. The first kappa shape index (κ1) is 8.02. The van der Waals surface area contributed by atoms with Crippen LogP contribution in [0.1, 0.15) is 19.8 Å². The summed E-state index contributed by atoms with van der Waals surface area (Å²) in [6.07, 6.45) is 2.85. The molecule has 1 heterocycles. The van der Waals surface area contributed by atoms with Gasteiger partial charge in [-0.2, -0.15) is 0 Å². The van der Waals surface area contributed by atoms with E-state index in [4.69, 9.17) is 0 Å². The van der Waals surface area contributed by atoms with Gasteiger partial charge in [0, 0.05) is 8.41 Å². The van der Waals surface area contributed by atoms with Crippen molar-refractivity contribution in [2.45, 2.75) is 19.8 Å². The average molecular weight is 110 g/mol. The van der Waals surface area contributed by atoms with E-state index in [1.54, 1.807) is 0 Å². The molecule has 45 valence electrons. The highest BCUT2D eigenvalue weighted by Gasteiger charge is 2.06. The maximum Gasteiger partial charge on any atom is 0 e. The molecule has 0 spiro atoms. The Morgan fingerprint density at radius 2 is 1.75 bits per heavy atom. The molecule has 1 rings (SSSR count). The summed E-state index contributed by atoms with van der Waals surface area (Å²) in [6, 6.07) is 0. The fourth-order valence-electron chi connectivity index (χ4n) is 1.10. The Morgan fingerprint density at radius 3 is 2.00 bits per heavy atom. The molecule has 0 aromatic carbocycles. The van der Waals surface area contributed by atoms with E-state index in [9.17, 15) is 0 Å². The van der Waals surface area contributed by atoms with E-state index in [1.165, 1.54) is 32.5 Å². The topological polar surface area (TPSA) is 3.24 Å².